The van der Waals surface area contributed by atoms with Crippen LogP contribution in [0.4, 0.5) is 19.0 Å². The molecule has 3 aromatic rings. The van der Waals surface area contributed by atoms with E-state index in [-0.39, 0.29) is 17.8 Å². The van der Waals surface area contributed by atoms with Gasteiger partial charge in [-0.05, 0) is 25.1 Å². The maximum Gasteiger partial charge on any atom is 0.419 e. The molecule has 0 unspecified atom stereocenters. The van der Waals surface area contributed by atoms with E-state index in [0.29, 0.717) is 43.1 Å². The second-order valence-electron chi connectivity index (χ2n) is 8.10. The van der Waals surface area contributed by atoms with Crippen molar-refractivity contribution in [3.05, 3.63) is 64.6 Å². The molecule has 0 N–H and O–H groups in total. The molecule has 4 heterocycles. The highest BCUT2D eigenvalue weighted by Crippen LogP contribution is 2.39. The van der Waals surface area contributed by atoms with Crippen LogP contribution in [0.5, 0.6) is 5.75 Å². The van der Waals surface area contributed by atoms with Crippen LogP contribution in [0, 0.1) is 0 Å². The highest BCUT2D eigenvalue weighted by atomic mass is 19.4. The van der Waals surface area contributed by atoms with E-state index in [9.17, 15) is 18.0 Å². The lowest BCUT2D eigenvalue weighted by atomic mass is 10.1. The molecular weight excluding hydrogens is 437 g/mol. The SMILES string of the molecule is COc1cc(-n2nc(N3Cc4cnccc4C3=O)c3c2C[C@@H](C)OCC3)ccc1C(F)(F)F. The summed E-state index contributed by atoms with van der Waals surface area (Å²) in [5, 5.41) is 4.73. The Labute approximate surface area is 187 Å². The molecule has 0 saturated carbocycles. The van der Waals surface area contributed by atoms with Gasteiger partial charge in [0.2, 0.25) is 0 Å². The fourth-order valence-electron chi connectivity index (χ4n) is 4.43. The van der Waals surface area contributed by atoms with E-state index >= 15 is 0 Å². The molecule has 2 aromatic heterocycles. The van der Waals surface area contributed by atoms with Crippen LogP contribution in [0.3, 0.4) is 0 Å². The lowest BCUT2D eigenvalue weighted by Crippen LogP contribution is -2.25. The highest BCUT2D eigenvalue weighted by Gasteiger charge is 2.36. The highest BCUT2D eigenvalue weighted by molar-refractivity contribution is 6.09. The van der Waals surface area contributed by atoms with Crippen molar-refractivity contribution in [2.24, 2.45) is 0 Å². The quantitative estimate of drug-likeness (QED) is 0.594. The number of hydrogen-bond acceptors (Lipinski definition) is 5. The second kappa shape index (κ2) is 7.87. The van der Waals surface area contributed by atoms with Crippen LogP contribution >= 0.6 is 0 Å². The zero-order valence-electron chi connectivity index (χ0n) is 18.0. The van der Waals surface area contributed by atoms with Crippen molar-refractivity contribution < 1.29 is 27.4 Å². The molecule has 5 rings (SSSR count). The number of pyridine rings is 1. The molecule has 33 heavy (non-hydrogen) atoms. The number of hydrogen-bond donors (Lipinski definition) is 0. The molecule has 1 amide bonds. The average molecular weight is 458 g/mol. The second-order valence-corrected chi connectivity index (χ2v) is 8.10. The molecule has 0 aliphatic carbocycles. The number of carbonyl (C=O) groups excluding carboxylic acids is 1. The Morgan fingerprint density at radius 1 is 1.24 bits per heavy atom. The number of alkyl halides is 3. The zero-order valence-corrected chi connectivity index (χ0v) is 18.0. The van der Waals surface area contributed by atoms with Crippen molar-refractivity contribution in [2.75, 3.05) is 18.6 Å². The molecule has 1 aromatic carbocycles. The molecule has 0 spiro atoms. The van der Waals surface area contributed by atoms with Crippen LogP contribution in [0.25, 0.3) is 5.69 Å². The van der Waals surface area contributed by atoms with E-state index in [1.54, 1.807) is 28.0 Å². The van der Waals surface area contributed by atoms with Gasteiger partial charge in [0.25, 0.3) is 5.91 Å². The number of carbonyl (C=O) groups is 1. The van der Waals surface area contributed by atoms with Crippen LogP contribution in [0.1, 0.15) is 39.7 Å². The molecule has 0 radical (unpaired) electrons. The van der Waals surface area contributed by atoms with E-state index in [4.69, 9.17) is 14.6 Å². The third kappa shape index (κ3) is 3.64. The monoisotopic (exact) mass is 458 g/mol. The lowest BCUT2D eigenvalue weighted by Gasteiger charge is -2.15. The number of nitrogens with zero attached hydrogens (tertiary/aromatic N) is 4. The molecule has 2 aliphatic rings. The molecule has 10 heteroatoms. The van der Waals surface area contributed by atoms with Crippen LogP contribution in [0.2, 0.25) is 0 Å². The first-order valence-corrected chi connectivity index (χ1v) is 10.5. The molecule has 172 valence electrons. The largest absolute Gasteiger partial charge is 0.496 e. The number of methoxy groups -OCH3 is 1. The molecule has 1 atom stereocenters. The minimum Gasteiger partial charge on any atom is -0.496 e. The summed E-state index contributed by atoms with van der Waals surface area (Å²) in [7, 11) is 1.20. The van der Waals surface area contributed by atoms with Gasteiger partial charge in [0.1, 0.15) is 5.75 Å². The number of rotatable bonds is 3. The van der Waals surface area contributed by atoms with E-state index < -0.39 is 11.7 Å². The first kappa shape index (κ1) is 21.4. The van der Waals surface area contributed by atoms with Gasteiger partial charge in [0, 0.05) is 48.0 Å². The fourth-order valence-corrected chi connectivity index (χ4v) is 4.43. The van der Waals surface area contributed by atoms with Crippen LogP contribution in [-0.2, 0) is 30.3 Å². The molecule has 7 nitrogen and oxygen atoms in total. The summed E-state index contributed by atoms with van der Waals surface area (Å²) in [5.74, 6) is 0.0188. The summed E-state index contributed by atoms with van der Waals surface area (Å²) in [4.78, 5) is 18.8. The van der Waals surface area contributed by atoms with Gasteiger partial charge in [-0.2, -0.15) is 13.2 Å². The minimum atomic E-state index is -4.54. The van der Waals surface area contributed by atoms with Crippen molar-refractivity contribution in [3.8, 4) is 11.4 Å². The summed E-state index contributed by atoms with van der Waals surface area (Å²) in [5.41, 5.74) is 2.60. The number of fused-ring (bicyclic) bond motifs is 2. The summed E-state index contributed by atoms with van der Waals surface area (Å²) >= 11 is 0. The van der Waals surface area contributed by atoms with Gasteiger partial charge in [-0.15, -0.1) is 5.10 Å². The average Bonchev–Trinajstić information content (AvgIpc) is 3.23. The predicted molar refractivity (Wildman–Crippen MR) is 113 cm³/mol. The molecule has 0 saturated heterocycles. The third-order valence-electron chi connectivity index (χ3n) is 6.00. The molecular formula is C23H21F3N4O3. The summed E-state index contributed by atoms with van der Waals surface area (Å²) < 4.78 is 52.5. The van der Waals surface area contributed by atoms with E-state index in [0.717, 1.165) is 22.9 Å². The maximum atomic E-state index is 13.4. The van der Waals surface area contributed by atoms with Crippen molar-refractivity contribution in [1.82, 2.24) is 14.8 Å². The summed E-state index contributed by atoms with van der Waals surface area (Å²) in [6.45, 7) is 2.72. The van der Waals surface area contributed by atoms with Gasteiger partial charge < -0.3 is 9.47 Å². The van der Waals surface area contributed by atoms with E-state index in [2.05, 4.69) is 4.98 Å². The van der Waals surface area contributed by atoms with Gasteiger partial charge in [-0.25, -0.2) is 4.68 Å². The Hall–Kier alpha value is -3.40. The Balaban J connectivity index is 1.64. The number of benzene rings is 1. The first-order chi connectivity index (χ1) is 15.8. The van der Waals surface area contributed by atoms with Crippen molar-refractivity contribution in [2.45, 2.75) is 38.6 Å². The fraction of sp³-hybridized carbons (Fsp3) is 0.348. The number of anilines is 1. The standard InChI is InChI=1S/C23H21F3N4O3/c1-13-9-19-17(6-8-33-13)21(29-12-14-11-27-7-5-16(14)22(29)31)28-30(19)15-3-4-18(23(24,25)26)20(10-15)32-2/h3-5,7,10-11,13H,6,8-9,12H2,1-2H3/t13-/m1/s1. The lowest BCUT2D eigenvalue weighted by molar-refractivity contribution is -0.138. The Kier molecular flexibility index (Phi) is 5.12. The first-order valence-electron chi connectivity index (χ1n) is 10.5. The summed E-state index contributed by atoms with van der Waals surface area (Å²) in [6, 6.07) is 5.35. The van der Waals surface area contributed by atoms with Crippen molar-refractivity contribution >= 4 is 11.7 Å². The van der Waals surface area contributed by atoms with Crippen molar-refractivity contribution in [1.29, 1.82) is 0 Å². The van der Waals surface area contributed by atoms with Gasteiger partial charge in [-0.3, -0.25) is 14.7 Å². The molecule has 0 fully saturated rings. The predicted octanol–water partition coefficient (Wildman–Crippen LogP) is 3.96. The van der Waals surface area contributed by atoms with Gasteiger partial charge in [0.15, 0.2) is 5.82 Å². The van der Waals surface area contributed by atoms with Crippen LogP contribution in [0.15, 0.2) is 36.7 Å². The Morgan fingerprint density at radius 2 is 2.06 bits per heavy atom. The van der Waals surface area contributed by atoms with Gasteiger partial charge in [-0.1, -0.05) is 0 Å². The van der Waals surface area contributed by atoms with E-state index in [1.807, 2.05) is 6.92 Å². The normalized spacial score (nSPS) is 18.2. The van der Waals surface area contributed by atoms with E-state index in [1.165, 1.54) is 19.2 Å². The number of amides is 1. The molecule has 2 aliphatic heterocycles. The molecule has 0 bridgehead atoms. The third-order valence-corrected chi connectivity index (χ3v) is 6.00. The zero-order chi connectivity index (χ0) is 23.3. The van der Waals surface area contributed by atoms with Gasteiger partial charge in [0.05, 0.1) is 43.3 Å². The Bertz CT molecular complexity index is 1240. The number of halogens is 3. The maximum absolute atomic E-state index is 13.4. The Morgan fingerprint density at radius 3 is 2.79 bits per heavy atom. The number of aromatic nitrogens is 3. The van der Waals surface area contributed by atoms with Gasteiger partial charge >= 0.3 is 6.18 Å². The smallest absolute Gasteiger partial charge is 0.419 e. The minimum absolute atomic E-state index is 0.110. The number of ether oxygens (including phenoxy) is 2. The topological polar surface area (TPSA) is 69.5 Å². The van der Waals surface area contributed by atoms with Crippen LogP contribution in [-0.4, -0.2) is 40.5 Å². The van der Waals surface area contributed by atoms with Crippen molar-refractivity contribution in [3.63, 3.8) is 0 Å². The van der Waals surface area contributed by atoms with Crippen LogP contribution < -0.4 is 9.64 Å². The summed E-state index contributed by atoms with van der Waals surface area (Å²) in [6.07, 6.45) is -0.382.